The minimum Gasteiger partial charge on any atom is -0.482 e. The zero-order valence-electron chi connectivity index (χ0n) is 10.2. The Balaban J connectivity index is 2.61. The minimum absolute atomic E-state index is 0.0761. The van der Waals surface area contributed by atoms with Crippen LogP contribution in [0.15, 0.2) is 18.2 Å². The second kappa shape index (κ2) is 6.48. The number of carbonyl (C=O) groups excluding carboxylic acids is 1. The number of carboxylic acid groups (broad SMARTS) is 1. The lowest BCUT2D eigenvalue weighted by Gasteiger charge is -2.10. The van der Waals surface area contributed by atoms with Crippen LogP contribution in [0.5, 0.6) is 5.75 Å². The Morgan fingerprint density at radius 3 is 2.67 bits per heavy atom. The number of aryl methyl sites for hydroxylation is 1. The molecule has 0 aliphatic rings. The van der Waals surface area contributed by atoms with Crippen LogP contribution in [0.1, 0.15) is 5.56 Å². The van der Waals surface area contributed by atoms with Crippen molar-refractivity contribution in [3.8, 4) is 5.75 Å². The van der Waals surface area contributed by atoms with Crippen molar-refractivity contribution in [2.24, 2.45) is 0 Å². The first-order valence-corrected chi connectivity index (χ1v) is 5.29. The summed E-state index contributed by atoms with van der Waals surface area (Å²) < 4.78 is 9.54. The lowest BCUT2D eigenvalue weighted by molar-refractivity contribution is -0.139. The van der Waals surface area contributed by atoms with Gasteiger partial charge < -0.3 is 19.9 Å². The standard InChI is InChI=1S/C12H15NO5/c1-8-5-9(18-7-11(14)15)3-4-10(8)13-6-12(16)17-2/h3-5,13H,6-7H2,1-2H3,(H,14,15). The average Bonchev–Trinajstić information content (AvgIpc) is 2.34. The van der Waals surface area contributed by atoms with Crippen LogP contribution in [-0.4, -0.2) is 37.3 Å². The van der Waals surface area contributed by atoms with Crippen molar-refractivity contribution in [3.63, 3.8) is 0 Å². The number of carbonyl (C=O) groups is 2. The van der Waals surface area contributed by atoms with Gasteiger partial charge in [-0.25, -0.2) is 4.79 Å². The van der Waals surface area contributed by atoms with Gasteiger partial charge in [0.25, 0.3) is 0 Å². The number of hydrogen-bond donors (Lipinski definition) is 2. The summed E-state index contributed by atoms with van der Waals surface area (Å²) in [6.07, 6.45) is 0. The monoisotopic (exact) mass is 253 g/mol. The van der Waals surface area contributed by atoms with E-state index in [1.165, 1.54) is 7.11 Å². The second-order valence-corrected chi connectivity index (χ2v) is 3.59. The quantitative estimate of drug-likeness (QED) is 0.737. The van der Waals surface area contributed by atoms with Gasteiger partial charge in [0.05, 0.1) is 7.11 Å². The molecule has 0 spiro atoms. The maximum Gasteiger partial charge on any atom is 0.341 e. The number of rotatable bonds is 6. The molecule has 0 aliphatic carbocycles. The van der Waals surface area contributed by atoms with Crippen molar-refractivity contribution in [1.82, 2.24) is 0 Å². The summed E-state index contributed by atoms with van der Waals surface area (Å²) in [7, 11) is 1.32. The predicted octanol–water partition coefficient (Wildman–Crippen LogP) is 1.04. The van der Waals surface area contributed by atoms with Gasteiger partial charge in [-0.15, -0.1) is 0 Å². The summed E-state index contributed by atoms with van der Waals surface area (Å²) in [4.78, 5) is 21.3. The van der Waals surface area contributed by atoms with Gasteiger partial charge >= 0.3 is 11.9 Å². The molecule has 0 saturated carbocycles. The van der Waals surface area contributed by atoms with Gasteiger partial charge in [-0.3, -0.25) is 4.79 Å². The smallest absolute Gasteiger partial charge is 0.341 e. The van der Waals surface area contributed by atoms with Gasteiger partial charge in [-0.1, -0.05) is 0 Å². The van der Waals surface area contributed by atoms with E-state index in [0.29, 0.717) is 5.75 Å². The maximum atomic E-state index is 11.0. The third-order valence-corrected chi connectivity index (χ3v) is 2.21. The minimum atomic E-state index is -1.03. The van der Waals surface area contributed by atoms with Gasteiger partial charge in [-0.2, -0.15) is 0 Å². The Bertz CT molecular complexity index is 444. The first kappa shape index (κ1) is 13.8. The van der Waals surface area contributed by atoms with Crippen LogP contribution in [0.4, 0.5) is 5.69 Å². The van der Waals surface area contributed by atoms with Crippen LogP contribution in [0.3, 0.4) is 0 Å². The van der Waals surface area contributed by atoms with Crippen molar-refractivity contribution < 1.29 is 24.2 Å². The Labute approximate surface area is 105 Å². The molecule has 0 fully saturated rings. The summed E-state index contributed by atoms with van der Waals surface area (Å²) in [6, 6.07) is 5.05. The zero-order chi connectivity index (χ0) is 13.5. The highest BCUT2D eigenvalue weighted by Gasteiger charge is 2.05. The summed E-state index contributed by atoms with van der Waals surface area (Å²) in [6.45, 7) is 1.52. The maximum absolute atomic E-state index is 11.0. The van der Waals surface area contributed by atoms with Crippen LogP contribution in [-0.2, 0) is 14.3 Å². The normalized spacial score (nSPS) is 9.67. The number of methoxy groups -OCH3 is 1. The molecule has 6 nitrogen and oxygen atoms in total. The third kappa shape index (κ3) is 4.32. The Morgan fingerprint density at radius 2 is 2.11 bits per heavy atom. The van der Waals surface area contributed by atoms with Crippen LogP contribution >= 0.6 is 0 Å². The highest BCUT2D eigenvalue weighted by atomic mass is 16.5. The average molecular weight is 253 g/mol. The van der Waals surface area contributed by atoms with E-state index < -0.39 is 5.97 Å². The summed E-state index contributed by atoms with van der Waals surface area (Å²) in [5.74, 6) is -0.917. The van der Waals surface area contributed by atoms with Crippen LogP contribution in [0, 0.1) is 6.92 Å². The number of ether oxygens (including phenoxy) is 2. The van der Waals surface area contributed by atoms with E-state index in [1.807, 2.05) is 6.92 Å². The van der Waals surface area contributed by atoms with Crippen molar-refractivity contribution in [2.75, 3.05) is 25.6 Å². The topological polar surface area (TPSA) is 84.9 Å². The molecular formula is C12H15NO5. The van der Waals surface area contributed by atoms with E-state index in [1.54, 1.807) is 18.2 Å². The highest BCUT2D eigenvalue weighted by Crippen LogP contribution is 2.21. The molecule has 0 saturated heterocycles. The second-order valence-electron chi connectivity index (χ2n) is 3.59. The fraction of sp³-hybridized carbons (Fsp3) is 0.333. The number of anilines is 1. The number of carboxylic acids is 1. The fourth-order valence-electron chi connectivity index (χ4n) is 1.31. The van der Waals surface area contributed by atoms with Gasteiger partial charge in [-0.05, 0) is 30.7 Å². The molecule has 0 bridgehead atoms. The van der Waals surface area contributed by atoms with Gasteiger partial charge in [0.15, 0.2) is 6.61 Å². The van der Waals surface area contributed by atoms with Gasteiger partial charge in [0, 0.05) is 5.69 Å². The molecule has 98 valence electrons. The van der Waals surface area contributed by atoms with E-state index in [2.05, 4.69) is 10.1 Å². The first-order valence-electron chi connectivity index (χ1n) is 5.29. The van der Waals surface area contributed by atoms with E-state index >= 15 is 0 Å². The molecule has 1 rings (SSSR count). The summed E-state index contributed by atoms with van der Waals surface area (Å²) in [5, 5.41) is 11.4. The molecule has 0 atom stereocenters. The van der Waals surface area contributed by atoms with Crippen molar-refractivity contribution in [1.29, 1.82) is 0 Å². The molecule has 0 unspecified atom stereocenters. The lowest BCUT2D eigenvalue weighted by Crippen LogP contribution is -2.15. The highest BCUT2D eigenvalue weighted by molar-refractivity contribution is 5.75. The number of nitrogens with one attached hydrogen (secondary N) is 1. The number of benzene rings is 1. The molecule has 2 N–H and O–H groups in total. The van der Waals surface area contributed by atoms with Gasteiger partial charge in [0.1, 0.15) is 12.3 Å². The Hall–Kier alpha value is -2.24. The van der Waals surface area contributed by atoms with Crippen LogP contribution in [0.25, 0.3) is 0 Å². The molecule has 0 aromatic heterocycles. The van der Waals surface area contributed by atoms with Crippen molar-refractivity contribution >= 4 is 17.6 Å². The van der Waals surface area contributed by atoms with E-state index in [9.17, 15) is 9.59 Å². The Morgan fingerprint density at radius 1 is 1.39 bits per heavy atom. The molecule has 0 aliphatic heterocycles. The van der Waals surface area contributed by atoms with E-state index in [4.69, 9.17) is 9.84 Å². The zero-order valence-corrected chi connectivity index (χ0v) is 10.2. The summed E-state index contributed by atoms with van der Waals surface area (Å²) >= 11 is 0. The van der Waals surface area contributed by atoms with Crippen molar-refractivity contribution in [2.45, 2.75) is 6.92 Å². The summed E-state index contributed by atoms with van der Waals surface area (Å²) in [5.41, 5.74) is 1.62. The predicted molar refractivity (Wildman–Crippen MR) is 64.8 cm³/mol. The number of hydrogen-bond acceptors (Lipinski definition) is 5. The SMILES string of the molecule is COC(=O)CNc1ccc(OCC(=O)O)cc1C. The Kier molecular flexibility index (Phi) is 4.98. The fourth-order valence-corrected chi connectivity index (χ4v) is 1.31. The van der Waals surface area contributed by atoms with Gasteiger partial charge in [0.2, 0.25) is 0 Å². The largest absolute Gasteiger partial charge is 0.482 e. The molecule has 18 heavy (non-hydrogen) atoms. The third-order valence-electron chi connectivity index (χ3n) is 2.21. The number of esters is 1. The molecule has 6 heteroatoms. The van der Waals surface area contributed by atoms with Crippen LogP contribution in [0.2, 0.25) is 0 Å². The van der Waals surface area contributed by atoms with E-state index in [0.717, 1.165) is 11.3 Å². The first-order chi connectivity index (χ1) is 8.52. The lowest BCUT2D eigenvalue weighted by atomic mass is 10.2. The van der Waals surface area contributed by atoms with Crippen molar-refractivity contribution in [3.05, 3.63) is 23.8 Å². The molecule has 1 aromatic carbocycles. The molecule has 0 radical (unpaired) electrons. The molecule has 0 heterocycles. The van der Waals surface area contributed by atoms with E-state index in [-0.39, 0.29) is 19.1 Å². The van der Waals surface area contributed by atoms with Crippen LogP contribution < -0.4 is 10.1 Å². The molecule has 0 amide bonds. The molecule has 1 aromatic rings. The molecular weight excluding hydrogens is 238 g/mol. The number of aliphatic carboxylic acids is 1.